The van der Waals surface area contributed by atoms with Crippen LogP contribution in [0.1, 0.15) is 38.3 Å². The fourth-order valence-electron chi connectivity index (χ4n) is 3.20. The molecule has 0 aliphatic carbocycles. The summed E-state index contributed by atoms with van der Waals surface area (Å²) in [6, 6.07) is 5.52. The van der Waals surface area contributed by atoms with Crippen molar-refractivity contribution >= 4 is 33.2 Å². The van der Waals surface area contributed by atoms with Crippen molar-refractivity contribution in [2.24, 2.45) is 5.92 Å². The highest BCUT2D eigenvalue weighted by Gasteiger charge is 2.34. The van der Waals surface area contributed by atoms with Crippen LogP contribution < -0.4 is 5.32 Å². The Kier molecular flexibility index (Phi) is 6.12. The van der Waals surface area contributed by atoms with E-state index in [4.69, 9.17) is 11.6 Å². The van der Waals surface area contributed by atoms with Gasteiger partial charge in [-0.3, -0.25) is 4.79 Å². The Hall–Kier alpha value is -1.90. The van der Waals surface area contributed by atoms with Crippen molar-refractivity contribution in [2.75, 3.05) is 18.4 Å². The normalized spacial score (nSPS) is 18.4. The number of nitrogens with one attached hydrogen (secondary N) is 1. The highest BCUT2D eigenvalue weighted by atomic mass is 35.5. The highest BCUT2D eigenvalue weighted by molar-refractivity contribution is 7.89. The van der Waals surface area contributed by atoms with Gasteiger partial charge in [0.15, 0.2) is 5.03 Å². The standard InChI is InChI=1S/C19H25ClN4O3S/c1-13(2)23-11-18(21-12-23)28(26,27)24-8-4-5-15(10-24)19(25)22-17-7-6-14(3)9-16(17)20/h6-7,9,11-13,15H,4-5,8,10H2,1-3H3,(H,22,25)/t15-/m0/s1. The first-order valence-electron chi connectivity index (χ1n) is 9.29. The molecular formula is C19H25ClN4O3S. The molecule has 1 saturated heterocycles. The number of carbonyl (C=O) groups excluding carboxylic acids is 1. The third-order valence-electron chi connectivity index (χ3n) is 4.92. The van der Waals surface area contributed by atoms with Gasteiger partial charge in [0, 0.05) is 25.3 Å². The lowest BCUT2D eigenvalue weighted by molar-refractivity contribution is -0.120. The fraction of sp³-hybridized carbons (Fsp3) is 0.474. The molecule has 0 unspecified atom stereocenters. The smallest absolute Gasteiger partial charge is 0.262 e. The number of sulfonamides is 1. The van der Waals surface area contributed by atoms with E-state index in [1.54, 1.807) is 16.7 Å². The minimum absolute atomic E-state index is 0.0174. The maximum atomic E-state index is 12.9. The number of aromatic nitrogens is 2. The molecule has 1 amide bonds. The maximum absolute atomic E-state index is 12.9. The average Bonchev–Trinajstić information content (AvgIpc) is 3.15. The highest BCUT2D eigenvalue weighted by Crippen LogP contribution is 2.27. The van der Waals surface area contributed by atoms with Crippen molar-refractivity contribution in [1.82, 2.24) is 13.9 Å². The molecule has 0 spiro atoms. The summed E-state index contributed by atoms with van der Waals surface area (Å²) >= 11 is 6.19. The van der Waals surface area contributed by atoms with Gasteiger partial charge in [0.05, 0.1) is 23.0 Å². The van der Waals surface area contributed by atoms with Crippen molar-refractivity contribution in [1.29, 1.82) is 0 Å². The summed E-state index contributed by atoms with van der Waals surface area (Å²) in [6.45, 7) is 6.34. The molecule has 1 aromatic heterocycles. The van der Waals surface area contributed by atoms with Crippen LogP contribution in [0.2, 0.25) is 5.02 Å². The molecular weight excluding hydrogens is 400 g/mol. The molecule has 1 aromatic carbocycles. The quantitative estimate of drug-likeness (QED) is 0.796. The second-order valence-electron chi connectivity index (χ2n) is 7.43. The zero-order chi connectivity index (χ0) is 20.5. The predicted molar refractivity (Wildman–Crippen MR) is 109 cm³/mol. The van der Waals surface area contributed by atoms with E-state index in [1.807, 2.05) is 26.8 Å². The number of nitrogens with zero attached hydrogens (tertiary/aromatic N) is 3. The van der Waals surface area contributed by atoms with Crippen LogP contribution in [-0.4, -0.2) is 41.3 Å². The molecule has 0 radical (unpaired) electrons. The molecule has 2 heterocycles. The van der Waals surface area contributed by atoms with Gasteiger partial charge >= 0.3 is 0 Å². The summed E-state index contributed by atoms with van der Waals surface area (Å²) in [7, 11) is -3.73. The topological polar surface area (TPSA) is 84.3 Å². The van der Waals surface area contributed by atoms with Gasteiger partial charge in [-0.1, -0.05) is 17.7 Å². The summed E-state index contributed by atoms with van der Waals surface area (Å²) < 4.78 is 29.0. The molecule has 0 saturated carbocycles. The molecule has 2 aromatic rings. The SMILES string of the molecule is Cc1ccc(NC(=O)[C@H]2CCCN(S(=O)(=O)c3cn(C(C)C)cn3)C2)c(Cl)c1. The minimum Gasteiger partial charge on any atom is -0.334 e. The predicted octanol–water partition coefficient (Wildman–Crippen LogP) is 3.47. The van der Waals surface area contributed by atoms with Crippen LogP contribution in [0.15, 0.2) is 35.7 Å². The van der Waals surface area contributed by atoms with E-state index in [9.17, 15) is 13.2 Å². The number of anilines is 1. The van der Waals surface area contributed by atoms with E-state index in [1.165, 1.54) is 16.8 Å². The van der Waals surface area contributed by atoms with Crippen LogP contribution in [0.25, 0.3) is 0 Å². The second kappa shape index (κ2) is 8.23. The van der Waals surface area contributed by atoms with Crippen molar-refractivity contribution in [2.45, 2.75) is 44.7 Å². The monoisotopic (exact) mass is 424 g/mol. The number of piperidine rings is 1. The summed E-state index contributed by atoms with van der Waals surface area (Å²) in [5.74, 6) is -0.661. The molecule has 1 fully saturated rings. The Labute approximate surface area is 170 Å². The zero-order valence-corrected chi connectivity index (χ0v) is 17.8. The molecule has 1 aliphatic rings. The number of imidazole rings is 1. The van der Waals surface area contributed by atoms with E-state index in [-0.39, 0.29) is 23.5 Å². The Morgan fingerprint density at radius 1 is 1.36 bits per heavy atom. The molecule has 3 rings (SSSR count). The Bertz CT molecular complexity index is 971. The second-order valence-corrected chi connectivity index (χ2v) is 9.72. The van der Waals surface area contributed by atoms with Crippen molar-refractivity contribution < 1.29 is 13.2 Å². The largest absolute Gasteiger partial charge is 0.334 e. The number of hydrogen-bond acceptors (Lipinski definition) is 4. The van der Waals surface area contributed by atoms with Gasteiger partial charge in [-0.2, -0.15) is 4.31 Å². The average molecular weight is 425 g/mol. The van der Waals surface area contributed by atoms with E-state index < -0.39 is 15.9 Å². The summed E-state index contributed by atoms with van der Waals surface area (Å²) in [5, 5.41) is 3.31. The molecule has 1 aliphatic heterocycles. The van der Waals surface area contributed by atoms with E-state index in [0.29, 0.717) is 30.1 Å². The number of amides is 1. The van der Waals surface area contributed by atoms with E-state index >= 15 is 0 Å². The number of halogens is 1. The van der Waals surface area contributed by atoms with Crippen LogP contribution >= 0.6 is 11.6 Å². The van der Waals surface area contributed by atoms with Gasteiger partial charge < -0.3 is 9.88 Å². The van der Waals surface area contributed by atoms with Crippen LogP contribution in [0, 0.1) is 12.8 Å². The van der Waals surface area contributed by atoms with E-state index in [0.717, 1.165) is 5.56 Å². The summed E-state index contributed by atoms with van der Waals surface area (Å²) in [4.78, 5) is 16.8. The van der Waals surface area contributed by atoms with Gasteiger partial charge in [-0.15, -0.1) is 0 Å². The van der Waals surface area contributed by atoms with Crippen LogP contribution in [-0.2, 0) is 14.8 Å². The summed E-state index contributed by atoms with van der Waals surface area (Å²) in [5.41, 5.74) is 1.53. The van der Waals surface area contributed by atoms with Crippen LogP contribution in [0.4, 0.5) is 5.69 Å². The van der Waals surface area contributed by atoms with Gasteiger partial charge in [-0.05, 0) is 51.3 Å². The molecule has 0 bridgehead atoms. The zero-order valence-electron chi connectivity index (χ0n) is 16.2. The molecule has 1 atom stereocenters. The van der Waals surface area contributed by atoms with Crippen molar-refractivity contribution in [3.63, 3.8) is 0 Å². The fourth-order valence-corrected chi connectivity index (χ4v) is 4.92. The lowest BCUT2D eigenvalue weighted by atomic mass is 9.98. The van der Waals surface area contributed by atoms with Crippen LogP contribution in [0.5, 0.6) is 0 Å². The van der Waals surface area contributed by atoms with Crippen molar-refractivity contribution in [3.8, 4) is 0 Å². The van der Waals surface area contributed by atoms with Gasteiger partial charge in [0.25, 0.3) is 10.0 Å². The lowest BCUT2D eigenvalue weighted by Crippen LogP contribution is -2.43. The number of hydrogen-bond donors (Lipinski definition) is 1. The maximum Gasteiger partial charge on any atom is 0.262 e. The first kappa shape index (κ1) is 20.8. The third-order valence-corrected chi connectivity index (χ3v) is 6.98. The minimum atomic E-state index is -3.73. The number of aryl methyl sites for hydroxylation is 1. The number of carbonyl (C=O) groups is 1. The van der Waals surface area contributed by atoms with Gasteiger partial charge in [-0.25, -0.2) is 13.4 Å². The molecule has 9 heteroatoms. The Morgan fingerprint density at radius 3 is 2.75 bits per heavy atom. The first-order valence-corrected chi connectivity index (χ1v) is 11.1. The third kappa shape index (κ3) is 4.39. The molecule has 28 heavy (non-hydrogen) atoms. The number of benzene rings is 1. The van der Waals surface area contributed by atoms with Gasteiger partial charge in [0.2, 0.25) is 5.91 Å². The lowest BCUT2D eigenvalue weighted by Gasteiger charge is -2.30. The molecule has 1 N–H and O–H groups in total. The van der Waals surface area contributed by atoms with E-state index in [2.05, 4.69) is 10.3 Å². The van der Waals surface area contributed by atoms with Crippen LogP contribution in [0.3, 0.4) is 0 Å². The van der Waals surface area contributed by atoms with Crippen molar-refractivity contribution in [3.05, 3.63) is 41.3 Å². The molecule has 7 nitrogen and oxygen atoms in total. The Morgan fingerprint density at radius 2 is 2.11 bits per heavy atom. The van der Waals surface area contributed by atoms with Gasteiger partial charge in [0.1, 0.15) is 0 Å². The molecule has 152 valence electrons. The summed E-state index contributed by atoms with van der Waals surface area (Å²) in [6.07, 6.45) is 4.30. The number of rotatable bonds is 5. The Balaban J connectivity index is 1.72. The first-order chi connectivity index (χ1) is 13.2.